The Balaban J connectivity index is 1.79. The quantitative estimate of drug-likeness (QED) is 0.853. The molecule has 0 saturated carbocycles. The van der Waals surface area contributed by atoms with E-state index in [2.05, 4.69) is 6.92 Å². The van der Waals surface area contributed by atoms with Gasteiger partial charge in [-0.05, 0) is 43.0 Å². The topological polar surface area (TPSA) is 59.5 Å². The number of hydrogen-bond acceptors (Lipinski definition) is 3. The van der Waals surface area contributed by atoms with E-state index in [0.29, 0.717) is 17.0 Å². The molecule has 4 nitrogen and oxygen atoms in total. The highest BCUT2D eigenvalue weighted by Gasteiger charge is 2.24. The van der Waals surface area contributed by atoms with E-state index in [9.17, 15) is 4.79 Å². The fourth-order valence-electron chi connectivity index (χ4n) is 2.87. The lowest BCUT2D eigenvalue weighted by molar-refractivity contribution is 0.0659. The molecule has 0 atom stereocenters. The highest BCUT2D eigenvalue weighted by atomic mass is 16.3. The first-order valence-electron chi connectivity index (χ1n) is 7.25. The second kappa shape index (κ2) is 5.19. The fraction of sp³-hybridized carbons (Fsp3) is 0.438. The number of hydrogen-bond donors (Lipinski definition) is 1. The summed E-state index contributed by atoms with van der Waals surface area (Å²) in [6, 6.07) is 7.22. The zero-order valence-corrected chi connectivity index (χ0v) is 11.8. The van der Waals surface area contributed by atoms with Crippen LogP contribution in [-0.2, 0) is 0 Å². The lowest BCUT2D eigenvalue weighted by Crippen LogP contribution is -2.38. The maximum atomic E-state index is 12.5. The van der Waals surface area contributed by atoms with Crippen LogP contribution in [0.2, 0.25) is 0 Å². The Bertz CT molecular complexity index is 624. The number of nitrogens with zero attached hydrogens (tertiary/aromatic N) is 1. The molecule has 106 valence electrons. The van der Waals surface area contributed by atoms with Crippen LogP contribution >= 0.6 is 0 Å². The molecule has 0 radical (unpaired) electrons. The second-order valence-corrected chi connectivity index (χ2v) is 5.55. The van der Waals surface area contributed by atoms with Gasteiger partial charge in [0.1, 0.15) is 5.58 Å². The maximum absolute atomic E-state index is 12.5. The summed E-state index contributed by atoms with van der Waals surface area (Å²) in [5, 5.41) is 0.886. The molecule has 1 aliphatic rings. The van der Waals surface area contributed by atoms with E-state index >= 15 is 0 Å². The van der Waals surface area contributed by atoms with Crippen LogP contribution in [0.15, 0.2) is 28.7 Å². The van der Waals surface area contributed by atoms with Crippen molar-refractivity contribution in [3.63, 3.8) is 0 Å². The second-order valence-electron chi connectivity index (χ2n) is 5.55. The Morgan fingerprint density at radius 3 is 2.80 bits per heavy atom. The number of benzene rings is 1. The van der Waals surface area contributed by atoms with Gasteiger partial charge in [0.2, 0.25) is 0 Å². The summed E-state index contributed by atoms with van der Waals surface area (Å²) in [6.07, 6.45) is 3.39. The average molecular weight is 272 g/mol. The van der Waals surface area contributed by atoms with Crippen LogP contribution in [0.5, 0.6) is 0 Å². The van der Waals surface area contributed by atoms with Gasteiger partial charge in [0.05, 0.1) is 0 Å². The van der Waals surface area contributed by atoms with Crippen molar-refractivity contribution < 1.29 is 9.21 Å². The number of carbonyl (C=O) groups excluding carboxylic acids is 1. The summed E-state index contributed by atoms with van der Waals surface area (Å²) in [4.78, 5) is 14.3. The summed E-state index contributed by atoms with van der Waals surface area (Å²) >= 11 is 0. The van der Waals surface area contributed by atoms with Crippen LogP contribution in [0.3, 0.4) is 0 Å². The number of furan rings is 1. The Hall–Kier alpha value is -1.97. The molecule has 1 aliphatic heterocycles. The first kappa shape index (κ1) is 13.0. The van der Waals surface area contributed by atoms with Gasteiger partial charge in [0.25, 0.3) is 5.91 Å². The molecule has 1 aromatic heterocycles. The van der Waals surface area contributed by atoms with Crippen LogP contribution in [0.25, 0.3) is 11.0 Å². The number of fused-ring (bicyclic) bond motifs is 1. The van der Waals surface area contributed by atoms with Crippen LogP contribution in [0.4, 0.5) is 5.69 Å². The van der Waals surface area contributed by atoms with Crippen LogP contribution in [-0.4, -0.2) is 23.9 Å². The van der Waals surface area contributed by atoms with Gasteiger partial charge in [0, 0.05) is 24.2 Å². The zero-order chi connectivity index (χ0) is 14.1. The number of nitrogen functional groups attached to an aromatic ring is 1. The molecular weight excluding hydrogens is 252 g/mol. The number of nitrogens with two attached hydrogens (primary N) is 1. The normalized spacial score (nSPS) is 16.8. The lowest BCUT2D eigenvalue weighted by Gasteiger charge is -2.30. The Morgan fingerprint density at radius 1 is 1.35 bits per heavy atom. The molecule has 1 fully saturated rings. The van der Waals surface area contributed by atoms with Crippen LogP contribution in [0, 0.1) is 5.92 Å². The van der Waals surface area contributed by atoms with E-state index in [1.165, 1.54) is 6.42 Å². The summed E-state index contributed by atoms with van der Waals surface area (Å²) in [5.74, 6) is 1.17. The molecule has 2 N–H and O–H groups in total. The smallest absolute Gasteiger partial charge is 0.289 e. The van der Waals surface area contributed by atoms with Gasteiger partial charge in [-0.3, -0.25) is 4.79 Å². The average Bonchev–Trinajstić information content (AvgIpc) is 2.89. The minimum absolute atomic E-state index is 0.00526. The van der Waals surface area contributed by atoms with Crippen molar-refractivity contribution in [2.24, 2.45) is 5.92 Å². The molecule has 1 aromatic carbocycles. The predicted octanol–water partition coefficient (Wildman–Crippen LogP) is 3.28. The SMILES string of the molecule is CCC1CCN(C(=O)c2cc3cc(N)ccc3o2)CC1. The molecule has 0 bridgehead atoms. The third-order valence-corrected chi connectivity index (χ3v) is 4.23. The van der Waals surface area contributed by atoms with Gasteiger partial charge in [0.15, 0.2) is 5.76 Å². The van der Waals surface area contributed by atoms with Crippen molar-refractivity contribution in [1.82, 2.24) is 4.90 Å². The van der Waals surface area contributed by atoms with E-state index in [1.807, 2.05) is 17.0 Å². The van der Waals surface area contributed by atoms with Gasteiger partial charge in [-0.15, -0.1) is 0 Å². The molecule has 1 amide bonds. The first-order valence-corrected chi connectivity index (χ1v) is 7.25. The first-order chi connectivity index (χ1) is 9.67. The van der Waals surface area contributed by atoms with E-state index in [0.717, 1.165) is 37.2 Å². The molecule has 2 heterocycles. The molecule has 3 rings (SSSR count). The molecule has 0 spiro atoms. The van der Waals surface area contributed by atoms with Gasteiger partial charge in [-0.2, -0.15) is 0 Å². The molecule has 1 saturated heterocycles. The molecule has 20 heavy (non-hydrogen) atoms. The summed E-state index contributed by atoms with van der Waals surface area (Å²) in [5.41, 5.74) is 7.14. The van der Waals surface area contributed by atoms with Crippen molar-refractivity contribution in [3.8, 4) is 0 Å². The summed E-state index contributed by atoms with van der Waals surface area (Å²) < 4.78 is 5.64. The Kier molecular flexibility index (Phi) is 3.38. The van der Waals surface area contributed by atoms with Crippen LogP contribution in [0.1, 0.15) is 36.7 Å². The Morgan fingerprint density at radius 2 is 2.10 bits per heavy atom. The highest BCUT2D eigenvalue weighted by molar-refractivity contribution is 5.96. The number of carbonyl (C=O) groups is 1. The van der Waals surface area contributed by atoms with Crippen molar-refractivity contribution >= 4 is 22.6 Å². The number of anilines is 1. The largest absolute Gasteiger partial charge is 0.451 e. The maximum Gasteiger partial charge on any atom is 0.289 e. The standard InChI is InChI=1S/C16H20N2O2/c1-2-11-5-7-18(8-6-11)16(19)15-10-12-9-13(17)3-4-14(12)20-15/h3-4,9-11H,2,5-8,17H2,1H3. The van der Waals surface area contributed by atoms with Crippen molar-refractivity contribution in [3.05, 3.63) is 30.0 Å². The fourth-order valence-corrected chi connectivity index (χ4v) is 2.87. The van der Waals surface area contributed by atoms with E-state index in [4.69, 9.17) is 10.2 Å². The highest BCUT2D eigenvalue weighted by Crippen LogP contribution is 2.25. The van der Waals surface area contributed by atoms with Gasteiger partial charge < -0.3 is 15.1 Å². The number of rotatable bonds is 2. The number of piperidine rings is 1. The molecule has 2 aromatic rings. The van der Waals surface area contributed by atoms with Crippen molar-refractivity contribution in [2.45, 2.75) is 26.2 Å². The third kappa shape index (κ3) is 2.38. The molecule has 0 aliphatic carbocycles. The van der Waals surface area contributed by atoms with Crippen LogP contribution < -0.4 is 5.73 Å². The van der Waals surface area contributed by atoms with E-state index in [1.54, 1.807) is 12.1 Å². The van der Waals surface area contributed by atoms with Crippen molar-refractivity contribution in [1.29, 1.82) is 0 Å². The number of likely N-dealkylation sites (tertiary alicyclic amines) is 1. The summed E-state index contributed by atoms with van der Waals surface area (Å²) in [6.45, 7) is 3.87. The lowest BCUT2D eigenvalue weighted by atomic mass is 9.94. The number of amides is 1. The summed E-state index contributed by atoms with van der Waals surface area (Å²) in [7, 11) is 0. The molecular formula is C16H20N2O2. The van der Waals surface area contributed by atoms with Gasteiger partial charge in [-0.25, -0.2) is 0 Å². The minimum Gasteiger partial charge on any atom is -0.451 e. The molecule has 4 heteroatoms. The van der Waals surface area contributed by atoms with Crippen molar-refractivity contribution in [2.75, 3.05) is 18.8 Å². The third-order valence-electron chi connectivity index (χ3n) is 4.23. The van der Waals surface area contributed by atoms with E-state index < -0.39 is 0 Å². The molecule has 0 unspecified atom stereocenters. The van der Waals surface area contributed by atoms with Gasteiger partial charge in [-0.1, -0.05) is 13.3 Å². The Labute approximate surface area is 118 Å². The predicted molar refractivity (Wildman–Crippen MR) is 79.5 cm³/mol. The zero-order valence-electron chi connectivity index (χ0n) is 11.8. The van der Waals surface area contributed by atoms with Gasteiger partial charge >= 0.3 is 0 Å². The minimum atomic E-state index is -0.00526. The van der Waals surface area contributed by atoms with E-state index in [-0.39, 0.29) is 5.91 Å². The monoisotopic (exact) mass is 272 g/mol.